The highest BCUT2D eigenvalue weighted by atomic mass is 16.2. The van der Waals surface area contributed by atoms with Gasteiger partial charge >= 0.3 is 0 Å². The molecule has 1 aliphatic heterocycles. The Balaban J connectivity index is 1.52. The highest BCUT2D eigenvalue weighted by Gasteiger charge is 2.14. The molecule has 0 aromatic heterocycles. The quantitative estimate of drug-likeness (QED) is 0.909. The maximum Gasteiger partial charge on any atom is 0.246 e. The van der Waals surface area contributed by atoms with Crippen molar-refractivity contribution in [3.8, 4) is 0 Å². The number of hydrogen-bond donors (Lipinski definition) is 1. The molecule has 0 bridgehead atoms. The molecular formula is C20H26N4O. The molecule has 2 aromatic rings. The van der Waals surface area contributed by atoms with E-state index in [0.717, 1.165) is 37.6 Å². The SMILES string of the molecule is CN1CCN(c2ccc(NCC(=O)N(C)c3ccccc3)cc2)CC1. The van der Waals surface area contributed by atoms with E-state index in [9.17, 15) is 4.79 Å². The molecule has 25 heavy (non-hydrogen) atoms. The third kappa shape index (κ3) is 4.51. The maximum atomic E-state index is 12.3. The number of para-hydroxylation sites is 1. The van der Waals surface area contributed by atoms with E-state index in [2.05, 4.69) is 34.3 Å². The number of nitrogens with zero attached hydrogens (tertiary/aromatic N) is 3. The summed E-state index contributed by atoms with van der Waals surface area (Å²) in [5.74, 6) is 0.0364. The number of carbonyl (C=O) groups excluding carboxylic acids is 1. The lowest BCUT2D eigenvalue weighted by molar-refractivity contribution is -0.116. The topological polar surface area (TPSA) is 38.8 Å². The van der Waals surface area contributed by atoms with E-state index in [1.54, 1.807) is 11.9 Å². The van der Waals surface area contributed by atoms with Crippen LogP contribution in [0.15, 0.2) is 54.6 Å². The Kier molecular flexibility index (Phi) is 5.56. The zero-order valence-electron chi connectivity index (χ0n) is 15.0. The third-order valence-corrected chi connectivity index (χ3v) is 4.70. The van der Waals surface area contributed by atoms with Crippen LogP contribution in [0.25, 0.3) is 0 Å². The monoisotopic (exact) mass is 338 g/mol. The van der Waals surface area contributed by atoms with Crippen LogP contribution in [0, 0.1) is 0 Å². The van der Waals surface area contributed by atoms with Gasteiger partial charge < -0.3 is 20.0 Å². The summed E-state index contributed by atoms with van der Waals surface area (Å²) >= 11 is 0. The average Bonchev–Trinajstić information content (AvgIpc) is 2.67. The van der Waals surface area contributed by atoms with Gasteiger partial charge in [0.15, 0.2) is 0 Å². The molecule has 1 saturated heterocycles. The Morgan fingerprint density at radius 3 is 2.28 bits per heavy atom. The molecule has 0 unspecified atom stereocenters. The number of anilines is 3. The molecule has 1 aliphatic rings. The molecule has 2 aromatic carbocycles. The first-order chi connectivity index (χ1) is 12.1. The first-order valence-electron chi connectivity index (χ1n) is 8.72. The smallest absolute Gasteiger partial charge is 0.246 e. The van der Waals surface area contributed by atoms with E-state index in [1.165, 1.54) is 5.69 Å². The molecule has 1 fully saturated rings. The summed E-state index contributed by atoms with van der Waals surface area (Å²) < 4.78 is 0. The number of rotatable bonds is 5. The van der Waals surface area contributed by atoms with Crippen molar-refractivity contribution < 1.29 is 4.79 Å². The number of likely N-dealkylation sites (N-methyl/N-ethyl adjacent to an activating group) is 2. The maximum absolute atomic E-state index is 12.3. The largest absolute Gasteiger partial charge is 0.376 e. The van der Waals surface area contributed by atoms with Crippen molar-refractivity contribution in [2.24, 2.45) is 0 Å². The normalized spacial score (nSPS) is 15.0. The van der Waals surface area contributed by atoms with E-state index in [0.29, 0.717) is 0 Å². The molecule has 3 rings (SSSR count). The Morgan fingerprint density at radius 2 is 1.64 bits per heavy atom. The van der Waals surface area contributed by atoms with Gasteiger partial charge in [-0.15, -0.1) is 0 Å². The molecule has 1 N–H and O–H groups in total. The Labute approximate surface area is 149 Å². The van der Waals surface area contributed by atoms with Crippen molar-refractivity contribution >= 4 is 23.0 Å². The fourth-order valence-electron chi connectivity index (χ4n) is 2.95. The lowest BCUT2D eigenvalue weighted by Crippen LogP contribution is -2.44. The summed E-state index contributed by atoms with van der Waals surface area (Å²) in [6.07, 6.45) is 0. The number of piperazine rings is 1. The third-order valence-electron chi connectivity index (χ3n) is 4.70. The minimum Gasteiger partial charge on any atom is -0.376 e. The zero-order valence-corrected chi connectivity index (χ0v) is 15.0. The fourth-order valence-corrected chi connectivity index (χ4v) is 2.95. The zero-order chi connectivity index (χ0) is 17.6. The van der Waals surface area contributed by atoms with E-state index in [1.807, 2.05) is 42.5 Å². The summed E-state index contributed by atoms with van der Waals surface area (Å²) in [6.45, 7) is 4.59. The molecular weight excluding hydrogens is 312 g/mol. The molecule has 0 aliphatic carbocycles. The predicted octanol–water partition coefficient (Wildman–Crippen LogP) is 2.51. The van der Waals surface area contributed by atoms with Crippen molar-refractivity contribution in [1.29, 1.82) is 0 Å². The minimum atomic E-state index is 0.0364. The second kappa shape index (κ2) is 8.03. The molecule has 5 nitrogen and oxygen atoms in total. The molecule has 1 amide bonds. The molecule has 5 heteroatoms. The van der Waals surface area contributed by atoms with Gasteiger partial charge in [-0.3, -0.25) is 4.79 Å². The van der Waals surface area contributed by atoms with E-state index in [-0.39, 0.29) is 12.5 Å². The number of benzene rings is 2. The van der Waals surface area contributed by atoms with Crippen molar-refractivity contribution in [3.63, 3.8) is 0 Å². The molecule has 0 saturated carbocycles. The lowest BCUT2D eigenvalue weighted by Gasteiger charge is -2.34. The van der Waals surface area contributed by atoms with Crippen molar-refractivity contribution in [2.45, 2.75) is 0 Å². The van der Waals surface area contributed by atoms with Gasteiger partial charge in [0.2, 0.25) is 5.91 Å². The molecule has 1 heterocycles. The fraction of sp³-hybridized carbons (Fsp3) is 0.350. The Bertz CT molecular complexity index is 679. The van der Waals surface area contributed by atoms with Crippen LogP contribution >= 0.6 is 0 Å². The summed E-state index contributed by atoms with van der Waals surface area (Å²) in [4.78, 5) is 18.7. The van der Waals surface area contributed by atoms with Crippen molar-refractivity contribution in [1.82, 2.24) is 4.90 Å². The first-order valence-corrected chi connectivity index (χ1v) is 8.72. The van der Waals surface area contributed by atoms with Crippen molar-refractivity contribution in [2.75, 3.05) is 61.9 Å². The highest BCUT2D eigenvalue weighted by Crippen LogP contribution is 2.19. The predicted molar refractivity (Wildman–Crippen MR) is 104 cm³/mol. The van der Waals surface area contributed by atoms with Gasteiger partial charge in [-0.1, -0.05) is 18.2 Å². The van der Waals surface area contributed by atoms with Gasteiger partial charge in [0.1, 0.15) is 0 Å². The van der Waals surface area contributed by atoms with Gasteiger partial charge in [-0.05, 0) is 43.4 Å². The van der Waals surface area contributed by atoms with Gasteiger partial charge in [0.05, 0.1) is 6.54 Å². The van der Waals surface area contributed by atoms with Crippen LogP contribution in [0.1, 0.15) is 0 Å². The van der Waals surface area contributed by atoms with Crippen LogP contribution in [-0.2, 0) is 4.79 Å². The van der Waals surface area contributed by atoms with Crippen LogP contribution in [0.5, 0.6) is 0 Å². The molecule has 132 valence electrons. The van der Waals surface area contributed by atoms with E-state index in [4.69, 9.17) is 0 Å². The minimum absolute atomic E-state index is 0.0364. The van der Waals surface area contributed by atoms with Crippen LogP contribution in [-0.4, -0.2) is 57.6 Å². The Hall–Kier alpha value is -2.53. The van der Waals surface area contributed by atoms with Gasteiger partial charge in [-0.2, -0.15) is 0 Å². The second-order valence-corrected chi connectivity index (χ2v) is 6.48. The van der Waals surface area contributed by atoms with Crippen LogP contribution in [0.4, 0.5) is 17.1 Å². The molecule has 0 radical (unpaired) electrons. The summed E-state index contributed by atoms with van der Waals surface area (Å²) in [6, 6.07) is 18.0. The van der Waals surface area contributed by atoms with Crippen LogP contribution in [0.2, 0.25) is 0 Å². The van der Waals surface area contributed by atoms with Gasteiger partial charge in [-0.25, -0.2) is 0 Å². The second-order valence-electron chi connectivity index (χ2n) is 6.48. The number of amides is 1. The highest BCUT2D eigenvalue weighted by molar-refractivity contribution is 5.95. The van der Waals surface area contributed by atoms with Crippen molar-refractivity contribution in [3.05, 3.63) is 54.6 Å². The van der Waals surface area contributed by atoms with E-state index >= 15 is 0 Å². The lowest BCUT2D eigenvalue weighted by atomic mass is 10.2. The van der Waals surface area contributed by atoms with Crippen LogP contribution in [0.3, 0.4) is 0 Å². The van der Waals surface area contributed by atoms with Crippen LogP contribution < -0.4 is 15.1 Å². The van der Waals surface area contributed by atoms with E-state index < -0.39 is 0 Å². The standard InChI is InChI=1S/C20H26N4O/c1-22-12-14-24(15-13-22)19-10-8-17(9-11-19)21-16-20(25)23(2)18-6-4-3-5-7-18/h3-11,21H,12-16H2,1-2H3. The number of hydrogen-bond acceptors (Lipinski definition) is 4. The molecule has 0 spiro atoms. The number of nitrogens with one attached hydrogen (secondary N) is 1. The van der Waals surface area contributed by atoms with Gasteiger partial charge in [0.25, 0.3) is 0 Å². The average molecular weight is 338 g/mol. The first kappa shape index (κ1) is 17.3. The number of carbonyl (C=O) groups is 1. The molecule has 0 atom stereocenters. The summed E-state index contributed by atoms with van der Waals surface area (Å²) in [7, 11) is 3.96. The Morgan fingerprint density at radius 1 is 1.00 bits per heavy atom. The summed E-state index contributed by atoms with van der Waals surface area (Å²) in [5.41, 5.74) is 3.11. The summed E-state index contributed by atoms with van der Waals surface area (Å²) in [5, 5.41) is 3.21. The van der Waals surface area contributed by atoms with Gasteiger partial charge in [0, 0.05) is 50.3 Å².